The van der Waals surface area contributed by atoms with Crippen LogP contribution in [-0.4, -0.2) is 24.2 Å². The zero-order chi connectivity index (χ0) is 15.7. The molecule has 1 aliphatic rings. The SMILES string of the molecule is COCc1[nH]c(C2(OC)CCC(C)(C)CC2)nc(=S)c1Br. The molecule has 1 heterocycles. The fourth-order valence-electron chi connectivity index (χ4n) is 2.83. The van der Waals surface area contributed by atoms with E-state index in [9.17, 15) is 0 Å². The summed E-state index contributed by atoms with van der Waals surface area (Å²) in [5, 5.41) is 0. The molecule has 118 valence electrons. The molecule has 1 fully saturated rings. The Bertz CT molecular complexity index is 561. The first-order chi connectivity index (χ1) is 9.83. The molecule has 0 radical (unpaired) electrons. The number of methoxy groups -OCH3 is 2. The quantitative estimate of drug-likeness (QED) is 0.788. The topological polar surface area (TPSA) is 47.1 Å². The summed E-state index contributed by atoms with van der Waals surface area (Å²) in [5.41, 5.74) is 0.907. The number of nitrogens with one attached hydrogen (secondary N) is 1. The predicted molar refractivity (Wildman–Crippen MR) is 88.8 cm³/mol. The van der Waals surface area contributed by atoms with Crippen LogP contribution in [0, 0.1) is 10.1 Å². The number of aromatic amines is 1. The molecular formula is C15H23BrN2O2S. The first-order valence-corrected chi connectivity index (χ1v) is 8.37. The molecule has 4 nitrogen and oxygen atoms in total. The summed E-state index contributed by atoms with van der Waals surface area (Å²) in [6, 6.07) is 0. The van der Waals surface area contributed by atoms with Crippen LogP contribution >= 0.6 is 28.1 Å². The maximum absolute atomic E-state index is 5.89. The minimum absolute atomic E-state index is 0.365. The van der Waals surface area contributed by atoms with Crippen LogP contribution < -0.4 is 0 Å². The fourth-order valence-corrected chi connectivity index (χ4v) is 3.35. The molecule has 1 aromatic rings. The van der Waals surface area contributed by atoms with Gasteiger partial charge in [-0.3, -0.25) is 0 Å². The van der Waals surface area contributed by atoms with Crippen molar-refractivity contribution in [3.05, 3.63) is 20.6 Å². The highest BCUT2D eigenvalue weighted by Gasteiger charge is 2.41. The normalized spacial score (nSPS) is 20.4. The van der Waals surface area contributed by atoms with E-state index in [1.54, 1.807) is 14.2 Å². The molecule has 1 saturated carbocycles. The number of hydrogen-bond acceptors (Lipinski definition) is 4. The second kappa shape index (κ2) is 6.44. The molecule has 6 heteroatoms. The van der Waals surface area contributed by atoms with E-state index in [4.69, 9.17) is 21.7 Å². The minimum atomic E-state index is -0.369. The van der Waals surface area contributed by atoms with Gasteiger partial charge in [-0.25, -0.2) is 4.98 Å². The van der Waals surface area contributed by atoms with Gasteiger partial charge in [-0.05, 0) is 47.0 Å². The molecule has 0 saturated heterocycles. The van der Waals surface area contributed by atoms with Crippen molar-refractivity contribution in [3.8, 4) is 0 Å². The average Bonchev–Trinajstić information content (AvgIpc) is 2.44. The van der Waals surface area contributed by atoms with E-state index in [-0.39, 0.29) is 5.60 Å². The summed E-state index contributed by atoms with van der Waals surface area (Å²) in [5.74, 6) is 0.820. The molecule has 0 unspecified atom stereocenters. The summed E-state index contributed by atoms with van der Waals surface area (Å²) < 4.78 is 12.5. The minimum Gasteiger partial charge on any atom is -0.378 e. The van der Waals surface area contributed by atoms with E-state index in [0.29, 0.717) is 16.7 Å². The van der Waals surface area contributed by atoms with Crippen LogP contribution in [0.1, 0.15) is 51.0 Å². The van der Waals surface area contributed by atoms with E-state index in [1.807, 2.05) is 0 Å². The Balaban J connectivity index is 2.41. The smallest absolute Gasteiger partial charge is 0.144 e. The molecule has 0 aromatic carbocycles. The van der Waals surface area contributed by atoms with E-state index < -0.39 is 0 Å². The monoisotopic (exact) mass is 374 g/mol. The van der Waals surface area contributed by atoms with Gasteiger partial charge in [0.15, 0.2) is 0 Å². The van der Waals surface area contributed by atoms with E-state index in [1.165, 1.54) is 0 Å². The van der Waals surface area contributed by atoms with E-state index >= 15 is 0 Å². The molecule has 2 rings (SSSR count). The second-order valence-electron chi connectivity index (χ2n) is 6.48. The molecule has 21 heavy (non-hydrogen) atoms. The Morgan fingerprint density at radius 1 is 1.24 bits per heavy atom. The van der Waals surface area contributed by atoms with Crippen molar-refractivity contribution in [2.45, 2.75) is 51.7 Å². The zero-order valence-corrected chi connectivity index (χ0v) is 15.5. The third kappa shape index (κ3) is 3.55. The van der Waals surface area contributed by atoms with Crippen molar-refractivity contribution in [3.63, 3.8) is 0 Å². The van der Waals surface area contributed by atoms with Crippen molar-refractivity contribution in [2.24, 2.45) is 5.41 Å². The maximum Gasteiger partial charge on any atom is 0.144 e. The largest absolute Gasteiger partial charge is 0.378 e. The Labute approximate surface area is 139 Å². The Morgan fingerprint density at radius 3 is 2.38 bits per heavy atom. The zero-order valence-electron chi connectivity index (χ0n) is 13.1. The van der Waals surface area contributed by atoms with Gasteiger partial charge < -0.3 is 14.5 Å². The van der Waals surface area contributed by atoms with Gasteiger partial charge in [0.2, 0.25) is 0 Å². The number of ether oxygens (including phenoxy) is 2. The van der Waals surface area contributed by atoms with E-state index in [0.717, 1.165) is 41.7 Å². The lowest BCUT2D eigenvalue weighted by Crippen LogP contribution is -2.38. The molecule has 0 atom stereocenters. The molecule has 0 amide bonds. The van der Waals surface area contributed by atoms with Crippen molar-refractivity contribution < 1.29 is 9.47 Å². The van der Waals surface area contributed by atoms with Gasteiger partial charge in [0.25, 0.3) is 0 Å². The number of halogens is 1. The summed E-state index contributed by atoms with van der Waals surface area (Å²) in [7, 11) is 3.42. The molecule has 0 bridgehead atoms. The van der Waals surface area contributed by atoms with Gasteiger partial charge in [-0.2, -0.15) is 0 Å². The first kappa shape index (κ1) is 17.1. The lowest BCUT2D eigenvalue weighted by atomic mass is 9.70. The predicted octanol–water partition coefficient (Wildman–Crippen LogP) is 4.49. The van der Waals surface area contributed by atoms with Crippen LogP contribution in [0.25, 0.3) is 0 Å². The van der Waals surface area contributed by atoms with Gasteiger partial charge >= 0.3 is 0 Å². The van der Waals surface area contributed by atoms with Gasteiger partial charge in [0, 0.05) is 14.2 Å². The molecule has 1 aliphatic carbocycles. The van der Waals surface area contributed by atoms with Crippen LogP contribution in [0.4, 0.5) is 0 Å². The van der Waals surface area contributed by atoms with Crippen molar-refractivity contribution >= 4 is 28.1 Å². The number of rotatable bonds is 4. The van der Waals surface area contributed by atoms with Crippen molar-refractivity contribution in [2.75, 3.05) is 14.2 Å². The van der Waals surface area contributed by atoms with Crippen LogP contribution in [0.2, 0.25) is 0 Å². The number of H-pyrrole nitrogens is 1. The lowest BCUT2D eigenvalue weighted by Gasteiger charge is -2.42. The fraction of sp³-hybridized carbons (Fsp3) is 0.733. The van der Waals surface area contributed by atoms with Crippen LogP contribution in [-0.2, 0) is 21.7 Å². The van der Waals surface area contributed by atoms with E-state index in [2.05, 4.69) is 39.7 Å². The Hall–Kier alpha value is -0.300. The van der Waals surface area contributed by atoms with Gasteiger partial charge in [-0.15, -0.1) is 0 Å². The number of aromatic nitrogens is 2. The van der Waals surface area contributed by atoms with Crippen molar-refractivity contribution in [1.29, 1.82) is 0 Å². The summed E-state index contributed by atoms with van der Waals surface area (Å²) in [6.07, 6.45) is 4.11. The van der Waals surface area contributed by atoms with Crippen molar-refractivity contribution in [1.82, 2.24) is 9.97 Å². The third-order valence-corrected chi connectivity index (χ3v) is 5.87. The van der Waals surface area contributed by atoms with Crippen LogP contribution in [0.5, 0.6) is 0 Å². The molecule has 1 N–H and O–H groups in total. The Morgan fingerprint density at radius 2 is 1.86 bits per heavy atom. The Kier molecular flexibility index (Phi) is 5.23. The highest BCUT2D eigenvalue weighted by atomic mass is 79.9. The molecule has 0 spiro atoms. The van der Waals surface area contributed by atoms with Crippen LogP contribution in [0.15, 0.2) is 4.47 Å². The van der Waals surface area contributed by atoms with Gasteiger partial charge in [0.1, 0.15) is 16.1 Å². The third-order valence-electron chi connectivity index (χ3n) is 4.46. The summed E-state index contributed by atoms with van der Waals surface area (Å²) in [6.45, 7) is 5.07. The average molecular weight is 375 g/mol. The first-order valence-electron chi connectivity index (χ1n) is 7.17. The summed E-state index contributed by atoms with van der Waals surface area (Å²) >= 11 is 8.84. The number of hydrogen-bond donors (Lipinski definition) is 1. The number of nitrogens with zero attached hydrogens (tertiary/aromatic N) is 1. The van der Waals surface area contributed by atoms with Crippen LogP contribution in [0.3, 0.4) is 0 Å². The molecule has 0 aliphatic heterocycles. The highest BCUT2D eigenvalue weighted by Crippen LogP contribution is 2.46. The second-order valence-corrected chi connectivity index (χ2v) is 7.66. The summed E-state index contributed by atoms with van der Waals surface area (Å²) in [4.78, 5) is 7.93. The van der Waals surface area contributed by atoms with Gasteiger partial charge in [-0.1, -0.05) is 26.1 Å². The molecular weight excluding hydrogens is 352 g/mol. The van der Waals surface area contributed by atoms with Gasteiger partial charge in [0.05, 0.1) is 16.8 Å². The maximum atomic E-state index is 5.89. The molecule has 1 aromatic heterocycles. The lowest BCUT2D eigenvalue weighted by molar-refractivity contribution is -0.0732. The standard InChI is InChI=1S/C15H23BrN2O2S/c1-14(2)5-7-15(20-4,8-6-14)13-17-10(9-19-3)11(16)12(21)18-13/h5-9H2,1-4H3,(H,17,18,21). The highest BCUT2D eigenvalue weighted by molar-refractivity contribution is 9.10.